The number of hydrogen-bond acceptors (Lipinski definition) is 4. The molecule has 0 unspecified atom stereocenters. The summed E-state index contributed by atoms with van der Waals surface area (Å²) >= 11 is 0. The lowest BCUT2D eigenvalue weighted by Crippen LogP contribution is -2.36. The molecule has 0 fully saturated rings. The van der Waals surface area contributed by atoms with E-state index in [4.69, 9.17) is 0 Å². The molecular formula is C18H37N5. The number of hydrogen-bond donors (Lipinski definition) is 0. The zero-order valence-electron chi connectivity index (χ0n) is 16.0. The third-order valence-electron chi connectivity index (χ3n) is 4.15. The first kappa shape index (κ1) is 20.1. The summed E-state index contributed by atoms with van der Waals surface area (Å²) in [5, 5.41) is 0. The van der Waals surface area contributed by atoms with Crippen molar-refractivity contribution >= 4 is 0 Å². The van der Waals surface area contributed by atoms with Gasteiger partial charge in [0.2, 0.25) is 0 Å². The summed E-state index contributed by atoms with van der Waals surface area (Å²) in [6.45, 7) is 8.66. The predicted octanol–water partition coefficient (Wildman–Crippen LogP) is 2.39. The van der Waals surface area contributed by atoms with Gasteiger partial charge in [0.1, 0.15) is 5.82 Å². The van der Waals surface area contributed by atoms with Crippen molar-refractivity contribution < 1.29 is 0 Å². The average Bonchev–Trinajstić information content (AvgIpc) is 2.93. The number of imidazole rings is 1. The Labute approximate surface area is 143 Å². The largest absolute Gasteiger partial charge is 0.334 e. The van der Waals surface area contributed by atoms with E-state index >= 15 is 0 Å². The maximum absolute atomic E-state index is 4.60. The summed E-state index contributed by atoms with van der Waals surface area (Å²) in [6, 6.07) is 0. The molecule has 0 bridgehead atoms. The Morgan fingerprint density at radius 2 is 1.57 bits per heavy atom. The highest BCUT2D eigenvalue weighted by molar-refractivity contribution is 4.92. The molecule has 1 aromatic rings. The van der Waals surface area contributed by atoms with E-state index in [9.17, 15) is 0 Å². The molecule has 5 nitrogen and oxygen atoms in total. The van der Waals surface area contributed by atoms with Crippen molar-refractivity contribution in [1.29, 1.82) is 0 Å². The fourth-order valence-electron chi connectivity index (χ4n) is 2.56. The minimum absolute atomic E-state index is 0.947. The molecule has 0 aliphatic heterocycles. The third kappa shape index (κ3) is 9.08. The number of unbranched alkanes of at least 4 members (excludes halogenated alkanes) is 3. The number of likely N-dealkylation sites (N-methyl/N-ethyl adjacent to an activating group) is 2. The molecule has 5 heteroatoms. The van der Waals surface area contributed by atoms with Gasteiger partial charge < -0.3 is 14.4 Å². The third-order valence-corrected chi connectivity index (χ3v) is 4.15. The van der Waals surface area contributed by atoms with Gasteiger partial charge in [0.15, 0.2) is 0 Å². The molecule has 0 aliphatic rings. The molecule has 0 N–H and O–H groups in total. The summed E-state index contributed by atoms with van der Waals surface area (Å²) in [5.41, 5.74) is 0. The van der Waals surface area contributed by atoms with Crippen LogP contribution in [0.25, 0.3) is 0 Å². The normalized spacial score (nSPS) is 12.0. The molecule has 0 aromatic carbocycles. The lowest BCUT2D eigenvalue weighted by atomic mass is 10.2. The summed E-state index contributed by atoms with van der Waals surface area (Å²) in [4.78, 5) is 11.6. The van der Waals surface area contributed by atoms with Crippen molar-refractivity contribution in [2.75, 3.05) is 54.4 Å². The van der Waals surface area contributed by atoms with Gasteiger partial charge in [0.25, 0.3) is 0 Å². The molecule has 0 saturated carbocycles. The number of aryl methyl sites for hydroxylation is 1. The zero-order chi connectivity index (χ0) is 17.1. The molecule has 0 atom stereocenters. The van der Waals surface area contributed by atoms with Crippen molar-refractivity contribution in [3.8, 4) is 0 Å². The van der Waals surface area contributed by atoms with Gasteiger partial charge in [-0.05, 0) is 34.6 Å². The first-order chi connectivity index (χ1) is 11.0. The molecular weight excluding hydrogens is 286 g/mol. The smallest absolute Gasteiger partial charge is 0.122 e. The molecule has 0 spiro atoms. The fraction of sp³-hybridized carbons (Fsp3) is 0.833. The van der Waals surface area contributed by atoms with E-state index in [1.165, 1.54) is 31.5 Å². The number of aromatic nitrogens is 2. The van der Waals surface area contributed by atoms with Gasteiger partial charge in [-0.3, -0.25) is 4.90 Å². The Balaban J connectivity index is 2.54. The quantitative estimate of drug-likeness (QED) is 0.521. The Kier molecular flexibility index (Phi) is 10.2. The monoisotopic (exact) mass is 323 g/mol. The molecule has 1 rings (SSSR count). The standard InChI is InChI=1S/C18H37N5/c1-6-7-8-9-11-23-12-10-19-18(23)17-22(15-13-20(2)3)16-14-21(4)5/h10,12H,6-9,11,13-17H2,1-5H3. The molecule has 1 heterocycles. The van der Waals surface area contributed by atoms with Crippen LogP contribution in [0.15, 0.2) is 12.4 Å². The van der Waals surface area contributed by atoms with E-state index in [-0.39, 0.29) is 0 Å². The van der Waals surface area contributed by atoms with Crippen molar-refractivity contribution in [2.45, 2.75) is 45.7 Å². The van der Waals surface area contributed by atoms with Crippen molar-refractivity contribution in [3.05, 3.63) is 18.2 Å². The van der Waals surface area contributed by atoms with E-state index in [0.717, 1.165) is 39.3 Å². The summed E-state index contributed by atoms with van der Waals surface area (Å²) < 4.78 is 2.34. The van der Waals surface area contributed by atoms with Crippen LogP contribution in [0.1, 0.15) is 38.4 Å². The second-order valence-corrected chi connectivity index (χ2v) is 6.98. The Morgan fingerprint density at radius 3 is 2.13 bits per heavy atom. The van der Waals surface area contributed by atoms with Crippen LogP contribution in [0.4, 0.5) is 0 Å². The average molecular weight is 324 g/mol. The Hall–Kier alpha value is -0.910. The fourth-order valence-corrected chi connectivity index (χ4v) is 2.56. The first-order valence-electron chi connectivity index (χ1n) is 9.04. The van der Waals surface area contributed by atoms with Gasteiger partial charge in [-0.1, -0.05) is 26.2 Å². The van der Waals surface area contributed by atoms with Crippen LogP contribution >= 0.6 is 0 Å². The van der Waals surface area contributed by atoms with Gasteiger partial charge in [0, 0.05) is 45.1 Å². The maximum Gasteiger partial charge on any atom is 0.122 e. The van der Waals surface area contributed by atoms with Gasteiger partial charge in [0.05, 0.1) is 6.54 Å². The Morgan fingerprint density at radius 1 is 0.913 bits per heavy atom. The highest BCUT2D eigenvalue weighted by atomic mass is 15.2. The SMILES string of the molecule is CCCCCCn1ccnc1CN(CCN(C)C)CCN(C)C. The van der Waals surface area contributed by atoms with Gasteiger partial charge in [-0.15, -0.1) is 0 Å². The van der Waals surface area contributed by atoms with Crippen LogP contribution in [0.5, 0.6) is 0 Å². The van der Waals surface area contributed by atoms with Crippen molar-refractivity contribution in [2.24, 2.45) is 0 Å². The van der Waals surface area contributed by atoms with E-state index in [0.29, 0.717) is 0 Å². The second kappa shape index (κ2) is 11.6. The maximum atomic E-state index is 4.60. The van der Waals surface area contributed by atoms with E-state index in [2.05, 4.69) is 65.6 Å². The summed E-state index contributed by atoms with van der Waals surface area (Å²) in [7, 11) is 8.55. The molecule has 134 valence electrons. The van der Waals surface area contributed by atoms with E-state index in [1.807, 2.05) is 6.20 Å². The zero-order valence-corrected chi connectivity index (χ0v) is 16.0. The van der Waals surface area contributed by atoms with Crippen LogP contribution in [-0.4, -0.2) is 78.6 Å². The first-order valence-corrected chi connectivity index (χ1v) is 9.04. The number of nitrogens with zero attached hydrogens (tertiary/aromatic N) is 5. The molecule has 1 aromatic heterocycles. The minimum Gasteiger partial charge on any atom is -0.334 e. The van der Waals surface area contributed by atoms with Crippen molar-refractivity contribution in [1.82, 2.24) is 24.3 Å². The lowest BCUT2D eigenvalue weighted by molar-refractivity contribution is 0.205. The van der Waals surface area contributed by atoms with Gasteiger partial charge in [-0.25, -0.2) is 4.98 Å². The molecule has 0 saturated heterocycles. The van der Waals surface area contributed by atoms with Crippen LogP contribution in [0.3, 0.4) is 0 Å². The van der Waals surface area contributed by atoms with Crippen LogP contribution in [-0.2, 0) is 13.1 Å². The highest BCUT2D eigenvalue weighted by Crippen LogP contribution is 2.07. The topological polar surface area (TPSA) is 27.5 Å². The Bertz CT molecular complexity index is 388. The summed E-state index contributed by atoms with van der Waals surface area (Å²) in [6.07, 6.45) is 9.29. The minimum atomic E-state index is 0.947. The molecule has 0 amide bonds. The molecule has 0 radical (unpaired) electrons. The highest BCUT2D eigenvalue weighted by Gasteiger charge is 2.11. The summed E-state index contributed by atoms with van der Waals surface area (Å²) in [5.74, 6) is 1.21. The van der Waals surface area contributed by atoms with E-state index < -0.39 is 0 Å². The predicted molar refractivity (Wildman–Crippen MR) is 98.8 cm³/mol. The lowest BCUT2D eigenvalue weighted by Gasteiger charge is -2.25. The van der Waals surface area contributed by atoms with E-state index in [1.54, 1.807) is 0 Å². The molecule has 23 heavy (non-hydrogen) atoms. The second-order valence-electron chi connectivity index (χ2n) is 6.98. The van der Waals surface area contributed by atoms with Crippen molar-refractivity contribution in [3.63, 3.8) is 0 Å². The van der Waals surface area contributed by atoms with Gasteiger partial charge >= 0.3 is 0 Å². The van der Waals surface area contributed by atoms with Crippen LogP contribution in [0.2, 0.25) is 0 Å². The molecule has 0 aliphatic carbocycles. The number of rotatable bonds is 13. The van der Waals surface area contributed by atoms with Crippen LogP contribution < -0.4 is 0 Å². The van der Waals surface area contributed by atoms with Gasteiger partial charge in [-0.2, -0.15) is 0 Å². The van der Waals surface area contributed by atoms with Crippen LogP contribution in [0, 0.1) is 0 Å².